The first-order chi connectivity index (χ1) is 9.10. The van der Waals surface area contributed by atoms with E-state index in [1.165, 1.54) is 4.88 Å². The van der Waals surface area contributed by atoms with Crippen LogP contribution in [0.3, 0.4) is 0 Å². The number of rotatable bonds is 4. The SMILES string of the molecule is CNC(=O)c1cc(NCc2cc(Br)cs2)ccc1Cl. The van der Waals surface area contributed by atoms with Crippen LogP contribution in [0.1, 0.15) is 15.2 Å². The summed E-state index contributed by atoms with van der Waals surface area (Å²) in [5.74, 6) is -0.187. The van der Waals surface area contributed by atoms with Gasteiger partial charge in [0.2, 0.25) is 0 Å². The van der Waals surface area contributed by atoms with Crippen LogP contribution >= 0.6 is 38.9 Å². The Morgan fingerprint density at radius 3 is 2.84 bits per heavy atom. The van der Waals surface area contributed by atoms with Crippen molar-refractivity contribution in [3.8, 4) is 0 Å². The van der Waals surface area contributed by atoms with Gasteiger partial charge in [0.05, 0.1) is 10.6 Å². The lowest BCUT2D eigenvalue weighted by atomic mass is 10.2. The minimum atomic E-state index is -0.187. The van der Waals surface area contributed by atoms with Crippen LogP contribution in [0.4, 0.5) is 5.69 Å². The number of benzene rings is 1. The number of halogens is 2. The van der Waals surface area contributed by atoms with Crippen LogP contribution in [-0.4, -0.2) is 13.0 Å². The fourth-order valence-corrected chi connectivity index (χ4v) is 3.17. The van der Waals surface area contributed by atoms with Crippen molar-refractivity contribution in [1.82, 2.24) is 5.32 Å². The quantitative estimate of drug-likeness (QED) is 0.861. The summed E-state index contributed by atoms with van der Waals surface area (Å²) in [6.07, 6.45) is 0. The van der Waals surface area contributed by atoms with Crippen LogP contribution < -0.4 is 10.6 Å². The summed E-state index contributed by atoms with van der Waals surface area (Å²) in [5, 5.41) is 8.33. The highest BCUT2D eigenvalue weighted by Crippen LogP contribution is 2.23. The Kier molecular flexibility index (Phi) is 4.85. The average Bonchev–Trinajstić information content (AvgIpc) is 2.83. The molecule has 0 aliphatic heterocycles. The highest BCUT2D eigenvalue weighted by atomic mass is 79.9. The van der Waals surface area contributed by atoms with E-state index in [2.05, 4.69) is 32.6 Å². The molecule has 6 heteroatoms. The number of anilines is 1. The monoisotopic (exact) mass is 358 g/mol. The summed E-state index contributed by atoms with van der Waals surface area (Å²) in [7, 11) is 1.59. The van der Waals surface area contributed by atoms with Gasteiger partial charge in [0, 0.05) is 34.0 Å². The molecule has 0 aliphatic rings. The summed E-state index contributed by atoms with van der Waals surface area (Å²) in [6, 6.07) is 7.40. The zero-order valence-corrected chi connectivity index (χ0v) is 13.3. The van der Waals surface area contributed by atoms with Gasteiger partial charge in [-0.05, 0) is 40.2 Å². The third-order valence-corrected chi connectivity index (χ3v) is 4.55. The number of nitrogens with one attached hydrogen (secondary N) is 2. The second-order valence-corrected chi connectivity index (χ2v) is 6.18. The first kappa shape index (κ1) is 14.4. The molecule has 1 aromatic heterocycles. The van der Waals surface area contributed by atoms with Crippen molar-refractivity contribution in [3.63, 3.8) is 0 Å². The predicted molar refractivity (Wildman–Crippen MR) is 84.2 cm³/mol. The van der Waals surface area contributed by atoms with Crippen molar-refractivity contribution < 1.29 is 4.79 Å². The molecule has 0 saturated heterocycles. The molecular weight excluding hydrogens is 348 g/mol. The molecular formula is C13H12BrClN2OS. The summed E-state index contributed by atoms with van der Waals surface area (Å²) in [5.41, 5.74) is 1.34. The van der Waals surface area contributed by atoms with E-state index in [-0.39, 0.29) is 5.91 Å². The van der Waals surface area contributed by atoms with Gasteiger partial charge < -0.3 is 10.6 Å². The molecule has 1 heterocycles. The van der Waals surface area contributed by atoms with E-state index in [0.29, 0.717) is 17.1 Å². The molecule has 2 N–H and O–H groups in total. The predicted octanol–water partition coefficient (Wildman–Crippen LogP) is 4.14. The fourth-order valence-electron chi connectivity index (χ4n) is 1.58. The van der Waals surface area contributed by atoms with E-state index in [9.17, 15) is 4.79 Å². The van der Waals surface area contributed by atoms with Crippen molar-refractivity contribution in [2.45, 2.75) is 6.54 Å². The number of amides is 1. The maximum absolute atomic E-state index is 11.6. The highest BCUT2D eigenvalue weighted by Gasteiger charge is 2.09. The lowest BCUT2D eigenvalue weighted by Crippen LogP contribution is -2.18. The molecule has 0 unspecified atom stereocenters. The van der Waals surface area contributed by atoms with Crippen LogP contribution in [0.5, 0.6) is 0 Å². The smallest absolute Gasteiger partial charge is 0.252 e. The largest absolute Gasteiger partial charge is 0.380 e. The third kappa shape index (κ3) is 3.72. The van der Waals surface area contributed by atoms with Gasteiger partial charge >= 0.3 is 0 Å². The summed E-state index contributed by atoms with van der Waals surface area (Å²) in [6.45, 7) is 0.713. The van der Waals surface area contributed by atoms with E-state index in [0.717, 1.165) is 10.2 Å². The number of carbonyl (C=O) groups is 1. The van der Waals surface area contributed by atoms with Gasteiger partial charge in [-0.3, -0.25) is 4.79 Å². The van der Waals surface area contributed by atoms with E-state index in [1.54, 1.807) is 30.5 Å². The van der Waals surface area contributed by atoms with E-state index < -0.39 is 0 Å². The standard InChI is InChI=1S/C13H12BrClN2OS/c1-16-13(18)11-5-9(2-3-12(11)15)17-6-10-4-8(14)7-19-10/h2-5,7,17H,6H2,1H3,(H,16,18). The average molecular weight is 360 g/mol. The molecule has 0 saturated carbocycles. The molecule has 0 fully saturated rings. The molecule has 0 spiro atoms. The van der Waals surface area contributed by atoms with Crippen molar-refractivity contribution in [3.05, 3.63) is 49.6 Å². The fraction of sp³-hybridized carbons (Fsp3) is 0.154. The van der Waals surface area contributed by atoms with Crippen LogP contribution in [0.25, 0.3) is 0 Å². The molecule has 0 radical (unpaired) electrons. The Labute approximate surface area is 129 Å². The Hall–Kier alpha value is -1.04. The third-order valence-electron chi connectivity index (χ3n) is 2.53. The van der Waals surface area contributed by atoms with Gasteiger partial charge in [-0.15, -0.1) is 11.3 Å². The number of thiophene rings is 1. The van der Waals surface area contributed by atoms with Crippen LogP contribution in [0, 0.1) is 0 Å². The highest BCUT2D eigenvalue weighted by molar-refractivity contribution is 9.10. The van der Waals surface area contributed by atoms with E-state index >= 15 is 0 Å². The molecule has 2 rings (SSSR count). The molecule has 0 atom stereocenters. The molecule has 1 amide bonds. The van der Waals surface area contributed by atoms with Crippen molar-refractivity contribution in [1.29, 1.82) is 0 Å². The van der Waals surface area contributed by atoms with Crippen LogP contribution in [0.2, 0.25) is 5.02 Å². The molecule has 0 bridgehead atoms. The summed E-state index contributed by atoms with van der Waals surface area (Å²) >= 11 is 11.1. The minimum absolute atomic E-state index is 0.187. The van der Waals surface area contributed by atoms with Crippen molar-refractivity contribution in [2.24, 2.45) is 0 Å². The zero-order chi connectivity index (χ0) is 13.8. The van der Waals surface area contributed by atoms with Gasteiger partial charge in [0.25, 0.3) is 5.91 Å². The normalized spacial score (nSPS) is 10.3. The van der Waals surface area contributed by atoms with Gasteiger partial charge in [-0.2, -0.15) is 0 Å². The first-order valence-corrected chi connectivity index (χ1v) is 7.63. The maximum Gasteiger partial charge on any atom is 0.252 e. The molecule has 2 aromatic rings. The van der Waals surface area contributed by atoms with Crippen molar-refractivity contribution in [2.75, 3.05) is 12.4 Å². The van der Waals surface area contributed by atoms with Crippen LogP contribution in [-0.2, 0) is 6.54 Å². The molecule has 19 heavy (non-hydrogen) atoms. The number of hydrogen-bond donors (Lipinski definition) is 2. The Balaban J connectivity index is 2.10. The van der Waals surface area contributed by atoms with Gasteiger partial charge in [-0.25, -0.2) is 0 Å². The molecule has 0 aliphatic carbocycles. The zero-order valence-electron chi connectivity index (χ0n) is 10.2. The van der Waals surface area contributed by atoms with Gasteiger partial charge in [0.15, 0.2) is 0 Å². The van der Waals surface area contributed by atoms with Gasteiger partial charge in [0.1, 0.15) is 0 Å². The summed E-state index contributed by atoms with van der Waals surface area (Å²) in [4.78, 5) is 12.8. The minimum Gasteiger partial charge on any atom is -0.380 e. The first-order valence-electron chi connectivity index (χ1n) is 5.58. The lowest BCUT2D eigenvalue weighted by Gasteiger charge is -2.08. The molecule has 100 valence electrons. The topological polar surface area (TPSA) is 41.1 Å². The van der Waals surface area contributed by atoms with Crippen LogP contribution in [0.15, 0.2) is 34.1 Å². The van der Waals surface area contributed by atoms with Crippen molar-refractivity contribution >= 4 is 50.5 Å². The summed E-state index contributed by atoms with van der Waals surface area (Å²) < 4.78 is 1.08. The van der Waals surface area contributed by atoms with Gasteiger partial charge in [-0.1, -0.05) is 11.6 Å². The number of hydrogen-bond acceptors (Lipinski definition) is 3. The van der Waals surface area contributed by atoms with E-state index in [1.807, 2.05) is 11.4 Å². The molecule has 1 aromatic carbocycles. The Morgan fingerprint density at radius 1 is 1.42 bits per heavy atom. The maximum atomic E-state index is 11.6. The Morgan fingerprint density at radius 2 is 2.21 bits per heavy atom. The second kappa shape index (κ2) is 6.41. The lowest BCUT2D eigenvalue weighted by molar-refractivity contribution is 0.0963. The Bertz CT molecular complexity index is 600. The second-order valence-electron chi connectivity index (χ2n) is 3.86. The van der Waals surface area contributed by atoms with E-state index in [4.69, 9.17) is 11.6 Å². The number of carbonyl (C=O) groups excluding carboxylic acids is 1. The molecule has 3 nitrogen and oxygen atoms in total.